The topological polar surface area (TPSA) is 50.1 Å². The molecular weight excluding hydrogens is 306 g/mol. The van der Waals surface area contributed by atoms with Gasteiger partial charge >= 0.3 is 0 Å². The molecule has 1 aromatic heterocycles. The van der Waals surface area contributed by atoms with Gasteiger partial charge in [0.05, 0.1) is 11.5 Å². The summed E-state index contributed by atoms with van der Waals surface area (Å²) in [5, 5.41) is 11.0. The largest absolute Gasteiger partial charge is 0.494 e. The number of carbonyl (C=O) groups excluding carboxylic acids is 1. The SMILES string of the molecule is CC(C)CCOc1ccc(/C=C(\C#N)C(=O)c2cccs2)cc1. The van der Waals surface area contributed by atoms with Crippen LogP contribution in [0.2, 0.25) is 0 Å². The highest BCUT2D eigenvalue weighted by atomic mass is 32.1. The molecule has 118 valence electrons. The average molecular weight is 325 g/mol. The first-order chi connectivity index (χ1) is 11.1. The van der Waals surface area contributed by atoms with E-state index in [0.29, 0.717) is 17.4 Å². The van der Waals surface area contributed by atoms with Gasteiger partial charge in [-0.2, -0.15) is 5.26 Å². The summed E-state index contributed by atoms with van der Waals surface area (Å²) in [4.78, 5) is 12.8. The standard InChI is InChI=1S/C19H19NO2S/c1-14(2)9-10-22-17-7-5-15(6-8-17)12-16(13-20)19(21)18-4-3-11-23-18/h3-8,11-12,14H,9-10H2,1-2H3/b16-12+. The van der Waals surface area contributed by atoms with Crippen molar-refractivity contribution >= 4 is 23.2 Å². The molecule has 2 rings (SSSR count). The minimum absolute atomic E-state index is 0.140. The first-order valence-electron chi connectivity index (χ1n) is 7.53. The van der Waals surface area contributed by atoms with Crippen LogP contribution in [-0.2, 0) is 0 Å². The number of rotatable bonds is 7. The summed E-state index contributed by atoms with van der Waals surface area (Å²) in [6.45, 7) is 5.00. The van der Waals surface area contributed by atoms with Crippen LogP contribution < -0.4 is 4.74 Å². The van der Waals surface area contributed by atoms with Gasteiger partial charge in [0.2, 0.25) is 5.78 Å². The number of hydrogen-bond donors (Lipinski definition) is 0. The molecule has 0 radical (unpaired) electrons. The molecule has 1 heterocycles. The number of allylic oxidation sites excluding steroid dienone is 1. The molecule has 4 heteroatoms. The van der Waals surface area contributed by atoms with E-state index in [1.54, 1.807) is 18.2 Å². The van der Waals surface area contributed by atoms with Crippen molar-refractivity contribution in [1.82, 2.24) is 0 Å². The van der Waals surface area contributed by atoms with Crippen molar-refractivity contribution in [2.24, 2.45) is 5.92 Å². The Kier molecular flexibility index (Phi) is 6.13. The van der Waals surface area contributed by atoms with Crippen molar-refractivity contribution < 1.29 is 9.53 Å². The number of hydrogen-bond acceptors (Lipinski definition) is 4. The number of Topliss-reactive ketones (excluding diaryl/α,β-unsaturated/α-hetero) is 1. The quantitative estimate of drug-likeness (QED) is 0.410. The van der Waals surface area contributed by atoms with Crippen LogP contribution in [0.25, 0.3) is 6.08 Å². The predicted molar refractivity (Wildman–Crippen MR) is 93.6 cm³/mol. The second-order valence-corrected chi connectivity index (χ2v) is 6.52. The van der Waals surface area contributed by atoms with Crippen LogP contribution in [0.1, 0.15) is 35.5 Å². The van der Waals surface area contributed by atoms with E-state index in [9.17, 15) is 10.1 Å². The Morgan fingerprint density at radius 3 is 2.61 bits per heavy atom. The fraction of sp³-hybridized carbons (Fsp3) is 0.263. The lowest BCUT2D eigenvalue weighted by Crippen LogP contribution is -2.01. The van der Waals surface area contributed by atoms with Gasteiger partial charge in [-0.25, -0.2) is 0 Å². The Bertz CT molecular complexity index is 707. The molecule has 0 aliphatic carbocycles. The Labute approximate surface area is 140 Å². The van der Waals surface area contributed by atoms with Crippen LogP contribution in [0.15, 0.2) is 47.4 Å². The van der Waals surface area contributed by atoms with Crippen molar-refractivity contribution in [3.8, 4) is 11.8 Å². The van der Waals surface area contributed by atoms with Gasteiger partial charge in [-0.3, -0.25) is 4.79 Å². The van der Waals surface area contributed by atoms with Crippen LogP contribution >= 0.6 is 11.3 Å². The molecule has 1 aromatic carbocycles. The summed E-state index contributed by atoms with van der Waals surface area (Å²) in [6, 6.07) is 12.9. The molecular formula is C19H19NO2S. The summed E-state index contributed by atoms with van der Waals surface area (Å²) in [7, 11) is 0. The summed E-state index contributed by atoms with van der Waals surface area (Å²) in [5.41, 5.74) is 0.948. The number of nitrogens with zero attached hydrogens (tertiary/aromatic N) is 1. The number of ketones is 1. The molecule has 3 nitrogen and oxygen atoms in total. The molecule has 0 bridgehead atoms. The maximum Gasteiger partial charge on any atom is 0.213 e. The smallest absolute Gasteiger partial charge is 0.213 e. The van der Waals surface area contributed by atoms with Gasteiger partial charge in [0, 0.05) is 0 Å². The first kappa shape index (κ1) is 17.0. The number of benzene rings is 1. The van der Waals surface area contributed by atoms with E-state index in [2.05, 4.69) is 13.8 Å². The van der Waals surface area contributed by atoms with Crippen LogP contribution in [0, 0.1) is 17.2 Å². The van der Waals surface area contributed by atoms with Gasteiger partial charge in [-0.15, -0.1) is 11.3 Å². The van der Waals surface area contributed by atoms with E-state index in [4.69, 9.17) is 4.74 Å². The fourth-order valence-electron chi connectivity index (χ4n) is 1.93. The third kappa shape index (κ3) is 5.08. The molecule has 0 saturated carbocycles. The number of thiophene rings is 1. The molecule has 23 heavy (non-hydrogen) atoms. The van der Waals surface area contributed by atoms with Crippen molar-refractivity contribution in [1.29, 1.82) is 5.26 Å². The lowest BCUT2D eigenvalue weighted by atomic mass is 10.1. The second kappa shape index (κ2) is 8.30. The first-order valence-corrected chi connectivity index (χ1v) is 8.41. The lowest BCUT2D eigenvalue weighted by molar-refractivity contribution is 0.104. The molecule has 0 spiro atoms. The fourth-order valence-corrected chi connectivity index (χ4v) is 2.61. The zero-order valence-electron chi connectivity index (χ0n) is 13.3. The summed E-state index contributed by atoms with van der Waals surface area (Å²) >= 11 is 1.34. The maximum absolute atomic E-state index is 12.2. The summed E-state index contributed by atoms with van der Waals surface area (Å²) in [6.07, 6.45) is 2.62. The predicted octanol–water partition coefficient (Wildman–Crippen LogP) is 4.96. The molecule has 0 unspecified atom stereocenters. The normalized spacial score (nSPS) is 11.3. The van der Waals surface area contributed by atoms with Gasteiger partial charge < -0.3 is 4.74 Å². The molecule has 0 saturated heterocycles. The van der Waals surface area contributed by atoms with E-state index in [1.165, 1.54) is 11.3 Å². The second-order valence-electron chi connectivity index (χ2n) is 5.58. The van der Waals surface area contributed by atoms with Gasteiger partial charge in [-0.1, -0.05) is 32.0 Å². The lowest BCUT2D eigenvalue weighted by Gasteiger charge is -2.08. The van der Waals surface area contributed by atoms with Gasteiger partial charge in [0.1, 0.15) is 17.4 Å². The number of ether oxygens (including phenoxy) is 1. The zero-order chi connectivity index (χ0) is 16.7. The highest BCUT2D eigenvalue weighted by Gasteiger charge is 2.12. The van der Waals surface area contributed by atoms with E-state index in [1.807, 2.05) is 35.7 Å². The minimum Gasteiger partial charge on any atom is -0.494 e. The monoisotopic (exact) mass is 325 g/mol. The van der Waals surface area contributed by atoms with Crippen LogP contribution in [-0.4, -0.2) is 12.4 Å². The summed E-state index contributed by atoms with van der Waals surface area (Å²) in [5.74, 6) is 1.17. The van der Waals surface area contributed by atoms with E-state index >= 15 is 0 Å². The van der Waals surface area contributed by atoms with E-state index < -0.39 is 0 Å². The Morgan fingerprint density at radius 2 is 2.04 bits per heavy atom. The van der Waals surface area contributed by atoms with Crippen molar-refractivity contribution in [2.45, 2.75) is 20.3 Å². The Hall–Kier alpha value is -2.38. The zero-order valence-corrected chi connectivity index (χ0v) is 14.1. The minimum atomic E-state index is -0.236. The molecule has 0 amide bonds. The van der Waals surface area contributed by atoms with E-state index in [0.717, 1.165) is 17.7 Å². The highest BCUT2D eigenvalue weighted by molar-refractivity contribution is 7.12. The third-order valence-corrected chi connectivity index (χ3v) is 4.13. The van der Waals surface area contributed by atoms with Crippen LogP contribution in [0.3, 0.4) is 0 Å². The van der Waals surface area contributed by atoms with Gasteiger partial charge in [0.25, 0.3) is 0 Å². The molecule has 0 N–H and O–H groups in total. The highest BCUT2D eigenvalue weighted by Crippen LogP contribution is 2.19. The third-order valence-electron chi connectivity index (χ3n) is 3.27. The average Bonchev–Trinajstić information content (AvgIpc) is 3.07. The molecule has 0 aliphatic rings. The van der Waals surface area contributed by atoms with Crippen LogP contribution in [0.5, 0.6) is 5.75 Å². The number of carbonyl (C=O) groups is 1. The molecule has 2 aromatic rings. The van der Waals surface area contributed by atoms with Crippen LogP contribution in [0.4, 0.5) is 0 Å². The van der Waals surface area contributed by atoms with Crippen molar-refractivity contribution in [3.05, 3.63) is 57.8 Å². The summed E-state index contributed by atoms with van der Waals surface area (Å²) < 4.78 is 5.66. The Morgan fingerprint density at radius 1 is 1.30 bits per heavy atom. The molecule has 0 aliphatic heterocycles. The van der Waals surface area contributed by atoms with Crippen molar-refractivity contribution in [2.75, 3.05) is 6.61 Å². The molecule has 0 fully saturated rings. The maximum atomic E-state index is 12.2. The van der Waals surface area contributed by atoms with Gasteiger partial charge in [0.15, 0.2) is 0 Å². The number of nitriles is 1. The molecule has 0 atom stereocenters. The van der Waals surface area contributed by atoms with E-state index in [-0.39, 0.29) is 11.4 Å². The Balaban J connectivity index is 2.06. The van der Waals surface area contributed by atoms with Gasteiger partial charge in [-0.05, 0) is 47.6 Å². The van der Waals surface area contributed by atoms with Crippen molar-refractivity contribution in [3.63, 3.8) is 0 Å².